The summed E-state index contributed by atoms with van der Waals surface area (Å²) < 4.78 is 0.885. The van der Waals surface area contributed by atoms with Gasteiger partial charge in [-0.2, -0.15) is 0 Å². The molecule has 96 valence electrons. The molecule has 3 rings (SSSR count). The second-order valence-electron chi connectivity index (χ2n) is 4.90. The van der Waals surface area contributed by atoms with Gasteiger partial charge in [0.05, 0.1) is 0 Å². The van der Waals surface area contributed by atoms with E-state index in [-0.39, 0.29) is 5.78 Å². The van der Waals surface area contributed by atoms with Crippen molar-refractivity contribution in [3.8, 4) is 0 Å². The van der Waals surface area contributed by atoms with Crippen molar-refractivity contribution < 1.29 is 4.79 Å². The highest BCUT2D eigenvalue weighted by atomic mass is 79.9. The fourth-order valence-corrected chi connectivity index (χ4v) is 2.99. The molecule has 0 unspecified atom stereocenters. The monoisotopic (exact) mass is 315 g/mol. The summed E-state index contributed by atoms with van der Waals surface area (Å²) in [5.74, 6) is -0.000278. The van der Waals surface area contributed by atoms with E-state index in [1.807, 2.05) is 18.2 Å². The van der Waals surface area contributed by atoms with E-state index in [0.29, 0.717) is 11.3 Å². The minimum Gasteiger partial charge on any atom is -0.398 e. The van der Waals surface area contributed by atoms with Crippen LogP contribution >= 0.6 is 15.9 Å². The van der Waals surface area contributed by atoms with Crippen molar-refractivity contribution in [3.63, 3.8) is 0 Å². The first-order valence-electron chi connectivity index (χ1n) is 6.36. The van der Waals surface area contributed by atoms with Crippen molar-refractivity contribution >= 4 is 27.4 Å². The smallest absolute Gasteiger partial charge is 0.195 e. The van der Waals surface area contributed by atoms with Crippen LogP contribution in [0.15, 0.2) is 40.9 Å². The lowest BCUT2D eigenvalue weighted by Gasteiger charge is -2.07. The quantitative estimate of drug-likeness (QED) is 0.677. The summed E-state index contributed by atoms with van der Waals surface area (Å²) in [7, 11) is 0. The number of nitrogens with two attached hydrogens (primary N) is 1. The third-order valence-electron chi connectivity index (χ3n) is 3.62. The Morgan fingerprint density at radius 1 is 1.05 bits per heavy atom. The fraction of sp³-hybridized carbons (Fsp3) is 0.188. The van der Waals surface area contributed by atoms with Crippen LogP contribution < -0.4 is 5.73 Å². The zero-order chi connectivity index (χ0) is 13.4. The first-order valence-corrected chi connectivity index (χ1v) is 7.16. The summed E-state index contributed by atoms with van der Waals surface area (Å²) in [6.45, 7) is 0. The van der Waals surface area contributed by atoms with Crippen LogP contribution in [0.4, 0.5) is 5.69 Å². The van der Waals surface area contributed by atoms with E-state index >= 15 is 0 Å². The molecular formula is C16H14BrNO. The number of hydrogen-bond acceptors (Lipinski definition) is 2. The molecule has 0 saturated heterocycles. The number of carbonyl (C=O) groups excluding carboxylic acids is 1. The van der Waals surface area contributed by atoms with Crippen molar-refractivity contribution in [3.05, 3.63) is 63.1 Å². The Balaban J connectivity index is 2.00. The fourth-order valence-electron chi connectivity index (χ4n) is 2.61. The highest BCUT2D eigenvalue weighted by Gasteiger charge is 2.16. The molecule has 0 radical (unpaired) electrons. The topological polar surface area (TPSA) is 43.1 Å². The van der Waals surface area contributed by atoms with E-state index in [1.165, 1.54) is 17.5 Å². The maximum atomic E-state index is 12.5. The van der Waals surface area contributed by atoms with Crippen molar-refractivity contribution in [1.82, 2.24) is 0 Å². The van der Waals surface area contributed by atoms with Crippen LogP contribution in [-0.2, 0) is 12.8 Å². The van der Waals surface area contributed by atoms with Gasteiger partial charge in [0.25, 0.3) is 0 Å². The van der Waals surface area contributed by atoms with Crippen LogP contribution in [0.25, 0.3) is 0 Å². The predicted molar refractivity (Wildman–Crippen MR) is 80.5 cm³/mol. The number of rotatable bonds is 2. The van der Waals surface area contributed by atoms with Crippen molar-refractivity contribution in [2.75, 3.05) is 5.73 Å². The van der Waals surface area contributed by atoms with Gasteiger partial charge in [-0.25, -0.2) is 0 Å². The van der Waals surface area contributed by atoms with Crippen molar-refractivity contribution in [2.45, 2.75) is 19.3 Å². The van der Waals surface area contributed by atoms with Crippen LogP contribution in [-0.4, -0.2) is 5.78 Å². The van der Waals surface area contributed by atoms with Crippen LogP contribution in [0.5, 0.6) is 0 Å². The van der Waals surface area contributed by atoms with Crippen molar-refractivity contribution in [2.24, 2.45) is 0 Å². The summed E-state index contributed by atoms with van der Waals surface area (Å²) >= 11 is 3.35. The van der Waals surface area contributed by atoms with E-state index in [9.17, 15) is 4.79 Å². The highest BCUT2D eigenvalue weighted by Crippen LogP contribution is 2.26. The molecule has 2 aromatic carbocycles. The normalized spacial score (nSPS) is 13.3. The molecule has 0 bridgehead atoms. The molecule has 0 fully saturated rings. The lowest BCUT2D eigenvalue weighted by atomic mass is 9.98. The van der Waals surface area contributed by atoms with Gasteiger partial charge in [0.1, 0.15) is 0 Å². The Hall–Kier alpha value is -1.61. The molecule has 0 saturated carbocycles. The van der Waals surface area contributed by atoms with Crippen LogP contribution in [0, 0.1) is 0 Å². The summed E-state index contributed by atoms with van der Waals surface area (Å²) in [4.78, 5) is 12.5. The van der Waals surface area contributed by atoms with Crippen LogP contribution in [0.3, 0.4) is 0 Å². The SMILES string of the molecule is Nc1cc(Br)ccc1C(=O)c1ccc2c(c1)CCC2. The van der Waals surface area contributed by atoms with E-state index in [1.54, 1.807) is 12.1 Å². The summed E-state index contributed by atoms with van der Waals surface area (Å²) in [6.07, 6.45) is 3.39. The molecular weight excluding hydrogens is 302 g/mol. The predicted octanol–water partition coefficient (Wildman–Crippen LogP) is 3.75. The maximum Gasteiger partial charge on any atom is 0.195 e. The van der Waals surface area contributed by atoms with Gasteiger partial charge in [0.15, 0.2) is 5.78 Å². The Morgan fingerprint density at radius 2 is 1.84 bits per heavy atom. The standard InChI is InChI=1S/C16H14BrNO/c17-13-6-7-14(15(18)9-13)16(19)12-5-4-10-2-1-3-11(10)8-12/h4-9H,1-3,18H2. The van der Waals surface area contributed by atoms with Crippen LogP contribution in [0.2, 0.25) is 0 Å². The average Bonchev–Trinajstić information content (AvgIpc) is 2.85. The Morgan fingerprint density at radius 3 is 2.63 bits per heavy atom. The number of nitrogen functional groups attached to an aromatic ring is 1. The zero-order valence-corrected chi connectivity index (χ0v) is 12.0. The maximum absolute atomic E-state index is 12.5. The molecule has 2 N–H and O–H groups in total. The first-order chi connectivity index (χ1) is 9.15. The van der Waals surface area contributed by atoms with E-state index in [0.717, 1.165) is 22.9 Å². The third-order valence-corrected chi connectivity index (χ3v) is 4.11. The zero-order valence-electron chi connectivity index (χ0n) is 10.4. The summed E-state index contributed by atoms with van der Waals surface area (Å²) in [5.41, 5.74) is 10.4. The van der Waals surface area contributed by atoms with E-state index in [4.69, 9.17) is 5.73 Å². The van der Waals surface area contributed by atoms with Gasteiger partial charge in [0, 0.05) is 21.3 Å². The van der Waals surface area contributed by atoms with Crippen molar-refractivity contribution in [1.29, 1.82) is 0 Å². The molecule has 0 atom stereocenters. The molecule has 1 aliphatic rings. The number of fused-ring (bicyclic) bond motifs is 1. The third kappa shape index (κ3) is 2.30. The number of ketones is 1. The second-order valence-corrected chi connectivity index (χ2v) is 5.81. The Labute approximate surface area is 120 Å². The lowest BCUT2D eigenvalue weighted by Crippen LogP contribution is -2.06. The number of anilines is 1. The van der Waals surface area contributed by atoms with Crippen LogP contribution in [0.1, 0.15) is 33.5 Å². The molecule has 2 aromatic rings. The van der Waals surface area contributed by atoms with Gasteiger partial charge in [-0.1, -0.05) is 28.1 Å². The van der Waals surface area contributed by atoms with Gasteiger partial charge in [0.2, 0.25) is 0 Å². The molecule has 19 heavy (non-hydrogen) atoms. The molecule has 2 nitrogen and oxygen atoms in total. The van der Waals surface area contributed by atoms with Gasteiger partial charge in [-0.15, -0.1) is 0 Å². The molecule has 0 aliphatic heterocycles. The van der Waals surface area contributed by atoms with Gasteiger partial charge in [-0.05, 0) is 54.7 Å². The lowest BCUT2D eigenvalue weighted by molar-refractivity contribution is 0.103. The number of aryl methyl sites for hydroxylation is 2. The molecule has 0 amide bonds. The van der Waals surface area contributed by atoms with Gasteiger partial charge >= 0.3 is 0 Å². The summed E-state index contributed by atoms with van der Waals surface area (Å²) in [5, 5.41) is 0. The van der Waals surface area contributed by atoms with Gasteiger partial charge < -0.3 is 5.73 Å². The minimum absolute atomic E-state index is 0.000278. The molecule has 1 aliphatic carbocycles. The molecule has 0 aromatic heterocycles. The number of hydrogen-bond donors (Lipinski definition) is 1. The highest BCUT2D eigenvalue weighted by molar-refractivity contribution is 9.10. The minimum atomic E-state index is -0.000278. The first kappa shape index (κ1) is 12.4. The molecule has 3 heteroatoms. The number of carbonyl (C=O) groups is 1. The van der Waals surface area contributed by atoms with Gasteiger partial charge in [-0.3, -0.25) is 4.79 Å². The molecule has 0 spiro atoms. The number of benzene rings is 2. The Kier molecular flexibility index (Phi) is 3.15. The van der Waals surface area contributed by atoms with E-state index < -0.39 is 0 Å². The average molecular weight is 316 g/mol. The Bertz CT molecular complexity index is 664. The number of halogens is 1. The largest absolute Gasteiger partial charge is 0.398 e. The molecule has 0 heterocycles. The summed E-state index contributed by atoms with van der Waals surface area (Å²) in [6, 6.07) is 11.4. The van der Waals surface area contributed by atoms with E-state index in [2.05, 4.69) is 22.0 Å². The second kappa shape index (κ2) is 4.82.